The molecular formula is C19H17F2N3. The van der Waals surface area contributed by atoms with E-state index < -0.39 is 0 Å². The zero-order chi connectivity index (χ0) is 16.5. The van der Waals surface area contributed by atoms with E-state index in [1.807, 2.05) is 6.07 Å². The molecule has 1 aliphatic heterocycles. The third kappa shape index (κ3) is 2.56. The second kappa shape index (κ2) is 6.07. The first-order valence-electron chi connectivity index (χ1n) is 8.10. The molecule has 0 radical (unpaired) electrons. The van der Waals surface area contributed by atoms with Gasteiger partial charge in [-0.1, -0.05) is 24.3 Å². The maximum atomic E-state index is 14.3. The largest absolute Gasteiger partial charge is 0.370 e. The highest BCUT2D eigenvalue weighted by molar-refractivity contribution is 5.71. The topological polar surface area (TPSA) is 29.9 Å². The molecule has 0 bridgehead atoms. The van der Waals surface area contributed by atoms with Gasteiger partial charge in [-0.15, -0.1) is 0 Å². The van der Waals surface area contributed by atoms with Crippen LogP contribution in [0.2, 0.25) is 0 Å². The summed E-state index contributed by atoms with van der Waals surface area (Å²) in [4.78, 5) is 0. The molecule has 2 heterocycles. The molecule has 1 aliphatic rings. The average Bonchev–Trinajstić information content (AvgIpc) is 2.77. The van der Waals surface area contributed by atoms with Crippen LogP contribution in [0, 0.1) is 11.6 Å². The summed E-state index contributed by atoms with van der Waals surface area (Å²) in [6.45, 7) is 0.815. The Hall–Kier alpha value is -2.69. The van der Waals surface area contributed by atoms with Crippen molar-refractivity contribution < 1.29 is 8.78 Å². The molecule has 0 fully saturated rings. The Morgan fingerprint density at radius 1 is 1.00 bits per heavy atom. The fourth-order valence-electron chi connectivity index (χ4n) is 3.17. The third-order valence-corrected chi connectivity index (χ3v) is 4.31. The average molecular weight is 325 g/mol. The normalized spacial score (nSPS) is 13.9. The van der Waals surface area contributed by atoms with Crippen LogP contribution in [0.25, 0.3) is 16.9 Å². The zero-order valence-electron chi connectivity index (χ0n) is 13.1. The van der Waals surface area contributed by atoms with Crippen LogP contribution in [0.15, 0.2) is 48.5 Å². The monoisotopic (exact) mass is 325 g/mol. The van der Waals surface area contributed by atoms with Crippen molar-refractivity contribution in [1.82, 2.24) is 9.78 Å². The minimum absolute atomic E-state index is 0.303. The molecule has 1 aromatic heterocycles. The van der Waals surface area contributed by atoms with Crippen molar-refractivity contribution >= 4 is 5.82 Å². The van der Waals surface area contributed by atoms with Crippen LogP contribution in [0.1, 0.15) is 18.4 Å². The van der Waals surface area contributed by atoms with Gasteiger partial charge in [-0.2, -0.15) is 5.10 Å². The lowest BCUT2D eigenvalue weighted by Crippen LogP contribution is -2.08. The smallest absolute Gasteiger partial charge is 0.148 e. The van der Waals surface area contributed by atoms with Crippen molar-refractivity contribution in [1.29, 1.82) is 0 Å². The molecule has 0 saturated carbocycles. The summed E-state index contributed by atoms with van der Waals surface area (Å²) in [5.41, 5.74) is 2.83. The molecular weight excluding hydrogens is 308 g/mol. The Morgan fingerprint density at radius 3 is 2.71 bits per heavy atom. The van der Waals surface area contributed by atoms with Gasteiger partial charge in [-0.05, 0) is 43.5 Å². The predicted molar refractivity (Wildman–Crippen MR) is 90.3 cm³/mol. The van der Waals surface area contributed by atoms with Crippen molar-refractivity contribution in [3.05, 3.63) is 65.7 Å². The van der Waals surface area contributed by atoms with Crippen molar-refractivity contribution in [2.75, 3.05) is 11.9 Å². The Labute approximate surface area is 138 Å². The fourth-order valence-corrected chi connectivity index (χ4v) is 3.17. The highest BCUT2D eigenvalue weighted by Gasteiger charge is 2.22. The van der Waals surface area contributed by atoms with E-state index in [9.17, 15) is 8.78 Å². The molecule has 2 aromatic carbocycles. The van der Waals surface area contributed by atoms with E-state index >= 15 is 0 Å². The van der Waals surface area contributed by atoms with Gasteiger partial charge in [0.15, 0.2) is 0 Å². The Kier molecular flexibility index (Phi) is 3.76. The summed E-state index contributed by atoms with van der Waals surface area (Å²) in [5.74, 6) is 0.166. The molecule has 24 heavy (non-hydrogen) atoms. The number of anilines is 1. The zero-order valence-corrected chi connectivity index (χ0v) is 13.1. The van der Waals surface area contributed by atoms with Gasteiger partial charge in [0.1, 0.15) is 23.1 Å². The highest BCUT2D eigenvalue weighted by atomic mass is 19.1. The number of nitrogens with one attached hydrogen (secondary N) is 1. The molecule has 4 rings (SSSR count). The molecule has 1 N–H and O–H groups in total. The number of fused-ring (bicyclic) bond motifs is 1. The van der Waals surface area contributed by atoms with Crippen LogP contribution < -0.4 is 5.32 Å². The van der Waals surface area contributed by atoms with Gasteiger partial charge in [0.25, 0.3) is 0 Å². The molecule has 3 aromatic rings. The van der Waals surface area contributed by atoms with Crippen molar-refractivity contribution in [2.24, 2.45) is 0 Å². The number of rotatable bonds is 2. The second-order valence-corrected chi connectivity index (χ2v) is 5.93. The molecule has 0 spiro atoms. The number of hydrogen-bond acceptors (Lipinski definition) is 2. The molecule has 0 amide bonds. The van der Waals surface area contributed by atoms with Gasteiger partial charge in [0.05, 0.1) is 5.69 Å². The Balaban J connectivity index is 1.94. The minimum Gasteiger partial charge on any atom is -0.370 e. The van der Waals surface area contributed by atoms with Gasteiger partial charge in [0, 0.05) is 17.7 Å². The van der Waals surface area contributed by atoms with Crippen LogP contribution in [0.5, 0.6) is 0 Å². The maximum Gasteiger partial charge on any atom is 0.148 e. The van der Waals surface area contributed by atoms with E-state index in [1.165, 1.54) is 18.2 Å². The van der Waals surface area contributed by atoms with E-state index in [1.54, 1.807) is 28.9 Å². The molecule has 0 atom stereocenters. The maximum absolute atomic E-state index is 14.3. The van der Waals surface area contributed by atoms with Gasteiger partial charge in [-0.3, -0.25) is 0 Å². The molecule has 0 saturated heterocycles. The van der Waals surface area contributed by atoms with Crippen LogP contribution >= 0.6 is 0 Å². The summed E-state index contributed by atoms with van der Waals surface area (Å²) >= 11 is 0. The van der Waals surface area contributed by atoms with E-state index in [-0.39, 0.29) is 11.6 Å². The van der Waals surface area contributed by atoms with Crippen LogP contribution in [-0.2, 0) is 6.42 Å². The van der Waals surface area contributed by atoms with E-state index in [0.717, 1.165) is 37.2 Å². The van der Waals surface area contributed by atoms with E-state index in [0.29, 0.717) is 16.9 Å². The van der Waals surface area contributed by atoms with Gasteiger partial charge in [-0.25, -0.2) is 13.5 Å². The lowest BCUT2D eigenvalue weighted by atomic mass is 10.0. The van der Waals surface area contributed by atoms with Gasteiger partial charge in [0.2, 0.25) is 0 Å². The van der Waals surface area contributed by atoms with Gasteiger partial charge >= 0.3 is 0 Å². The summed E-state index contributed by atoms with van der Waals surface area (Å²) < 4.78 is 29.5. The lowest BCUT2D eigenvalue weighted by Gasteiger charge is -2.09. The Morgan fingerprint density at radius 2 is 1.88 bits per heavy atom. The molecule has 0 aliphatic carbocycles. The van der Waals surface area contributed by atoms with Crippen LogP contribution in [-0.4, -0.2) is 16.3 Å². The number of hydrogen-bond donors (Lipinski definition) is 1. The number of para-hydroxylation sites is 1. The molecule has 5 heteroatoms. The van der Waals surface area contributed by atoms with Gasteiger partial charge < -0.3 is 5.32 Å². The Bertz CT molecular complexity index is 886. The van der Waals surface area contributed by atoms with Crippen LogP contribution in [0.4, 0.5) is 14.6 Å². The third-order valence-electron chi connectivity index (χ3n) is 4.31. The predicted octanol–water partition coefficient (Wildman–Crippen LogP) is 4.57. The second-order valence-electron chi connectivity index (χ2n) is 5.93. The van der Waals surface area contributed by atoms with Crippen molar-refractivity contribution in [3.8, 4) is 16.9 Å². The molecule has 0 unspecified atom stereocenters. The van der Waals surface area contributed by atoms with Crippen molar-refractivity contribution in [3.63, 3.8) is 0 Å². The number of benzene rings is 2. The minimum atomic E-state index is -0.334. The first-order valence-corrected chi connectivity index (χ1v) is 8.10. The first kappa shape index (κ1) is 14.9. The number of halogens is 2. The molecule has 3 nitrogen and oxygen atoms in total. The summed E-state index contributed by atoms with van der Waals surface area (Å²) in [7, 11) is 0. The fraction of sp³-hybridized carbons (Fsp3) is 0.211. The van der Waals surface area contributed by atoms with Crippen molar-refractivity contribution in [2.45, 2.75) is 19.3 Å². The summed E-state index contributed by atoms with van der Waals surface area (Å²) in [6.07, 6.45) is 2.89. The highest BCUT2D eigenvalue weighted by Crippen LogP contribution is 2.34. The number of aromatic nitrogens is 2. The van der Waals surface area contributed by atoms with E-state index in [4.69, 9.17) is 0 Å². The lowest BCUT2D eigenvalue weighted by molar-refractivity contribution is 0.611. The summed E-state index contributed by atoms with van der Waals surface area (Å²) in [5, 5.41) is 7.99. The SMILES string of the molecule is Fc1cccc(-c2nn(-c3ccccc3F)c3c2CCCCN3)c1. The van der Waals surface area contributed by atoms with Crippen LogP contribution in [0.3, 0.4) is 0 Å². The molecule has 122 valence electrons. The number of nitrogens with zero attached hydrogens (tertiary/aromatic N) is 2. The standard InChI is InChI=1S/C19H17F2N3/c20-14-7-5-6-13(12-14)18-15-8-3-4-11-22-19(15)24(23-18)17-10-2-1-9-16(17)21/h1-2,5-7,9-10,12,22H,3-4,8,11H2. The first-order chi connectivity index (χ1) is 11.7. The quantitative estimate of drug-likeness (QED) is 0.748. The van der Waals surface area contributed by atoms with E-state index in [2.05, 4.69) is 10.4 Å². The summed E-state index contributed by atoms with van der Waals surface area (Å²) in [6, 6.07) is 12.9.